The lowest BCUT2D eigenvalue weighted by Crippen LogP contribution is -2.14. The molecule has 0 aliphatic heterocycles. The predicted octanol–water partition coefficient (Wildman–Crippen LogP) is 3.89. The molecule has 2 heterocycles. The number of benzene rings is 2. The molecule has 0 radical (unpaired) electrons. The van der Waals surface area contributed by atoms with Crippen molar-refractivity contribution in [2.24, 2.45) is 0 Å². The minimum absolute atomic E-state index is 0.0339. The van der Waals surface area contributed by atoms with Gasteiger partial charge in [-0.25, -0.2) is 13.4 Å². The summed E-state index contributed by atoms with van der Waals surface area (Å²) in [5, 5.41) is 8.28. The lowest BCUT2D eigenvalue weighted by atomic mass is 10.3. The molecule has 0 amide bonds. The molecule has 0 atom stereocenters. The second-order valence-corrected chi connectivity index (χ2v) is 8.91. The largest absolute Gasteiger partial charge is 0.497 e. The van der Waals surface area contributed by atoms with Crippen molar-refractivity contribution in [1.29, 1.82) is 0 Å². The molecule has 2 aromatic carbocycles. The van der Waals surface area contributed by atoms with Crippen molar-refractivity contribution < 1.29 is 22.6 Å². The van der Waals surface area contributed by atoms with Crippen molar-refractivity contribution in [3.63, 3.8) is 0 Å². The van der Waals surface area contributed by atoms with Crippen molar-refractivity contribution in [2.75, 3.05) is 18.9 Å². The van der Waals surface area contributed by atoms with E-state index in [9.17, 15) is 8.42 Å². The molecule has 0 fully saturated rings. The molecule has 11 heteroatoms. The molecule has 4 aromatic rings. The summed E-state index contributed by atoms with van der Waals surface area (Å²) in [5.41, 5.74) is 2.25. The van der Waals surface area contributed by atoms with Crippen LogP contribution < -0.4 is 18.9 Å². The SMILES string of the molecule is COc1ccc(OC)c(S(=O)(=O)Nc2ccc(Oc3ccc(-n4cnc(C)c4C)nn3)cc2)c1. The average molecular weight is 482 g/mol. The van der Waals surface area contributed by atoms with Crippen LogP contribution in [0.15, 0.2) is 65.8 Å². The van der Waals surface area contributed by atoms with Crippen molar-refractivity contribution in [3.05, 3.63) is 72.3 Å². The number of nitrogens with one attached hydrogen (secondary N) is 1. The van der Waals surface area contributed by atoms with Crippen LogP contribution in [0.3, 0.4) is 0 Å². The topological polar surface area (TPSA) is 117 Å². The number of aromatic nitrogens is 4. The molecule has 176 valence electrons. The summed E-state index contributed by atoms with van der Waals surface area (Å²) in [5.74, 6) is 2.00. The molecule has 0 unspecified atom stereocenters. The number of methoxy groups -OCH3 is 2. The van der Waals surface area contributed by atoms with Crippen molar-refractivity contribution in [3.8, 4) is 28.9 Å². The van der Waals surface area contributed by atoms with Gasteiger partial charge in [-0.1, -0.05) is 0 Å². The molecular formula is C23H23N5O5S. The zero-order valence-corrected chi connectivity index (χ0v) is 19.8. The Morgan fingerprint density at radius 3 is 2.21 bits per heavy atom. The fourth-order valence-electron chi connectivity index (χ4n) is 3.14. The minimum Gasteiger partial charge on any atom is -0.497 e. The lowest BCUT2D eigenvalue weighted by molar-refractivity contribution is 0.392. The quantitative estimate of drug-likeness (QED) is 0.403. The first-order chi connectivity index (χ1) is 16.3. The number of imidazole rings is 1. The summed E-state index contributed by atoms with van der Waals surface area (Å²) >= 11 is 0. The van der Waals surface area contributed by atoms with E-state index in [1.54, 1.807) is 48.8 Å². The highest BCUT2D eigenvalue weighted by Gasteiger charge is 2.21. The van der Waals surface area contributed by atoms with Gasteiger partial charge in [0.05, 0.1) is 19.9 Å². The molecule has 1 N–H and O–H groups in total. The van der Waals surface area contributed by atoms with E-state index in [0.29, 0.717) is 28.9 Å². The van der Waals surface area contributed by atoms with Gasteiger partial charge in [0.1, 0.15) is 28.5 Å². The number of sulfonamides is 1. The van der Waals surface area contributed by atoms with Gasteiger partial charge in [0.2, 0.25) is 5.88 Å². The Kier molecular flexibility index (Phi) is 6.37. The molecule has 0 aliphatic rings. The number of hydrogen-bond donors (Lipinski definition) is 1. The summed E-state index contributed by atoms with van der Waals surface area (Å²) in [6, 6.07) is 14.4. The Hall–Kier alpha value is -4.12. The third kappa shape index (κ3) is 4.79. The highest BCUT2D eigenvalue weighted by atomic mass is 32.2. The molecule has 10 nitrogen and oxygen atoms in total. The van der Waals surface area contributed by atoms with Gasteiger partial charge in [-0.15, -0.1) is 10.2 Å². The normalized spacial score (nSPS) is 11.2. The van der Waals surface area contributed by atoms with Gasteiger partial charge in [-0.2, -0.15) is 0 Å². The van der Waals surface area contributed by atoms with E-state index in [4.69, 9.17) is 14.2 Å². The molecule has 0 bridgehead atoms. The number of nitrogens with zero attached hydrogens (tertiary/aromatic N) is 4. The second-order valence-electron chi connectivity index (χ2n) is 7.26. The first-order valence-electron chi connectivity index (χ1n) is 10.2. The highest BCUT2D eigenvalue weighted by molar-refractivity contribution is 7.92. The van der Waals surface area contributed by atoms with Crippen molar-refractivity contribution >= 4 is 15.7 Å². The molecule has 0 saturated heterocycles. The van der Waals surface area contributed by atoms with E-state index < -0.39 is 10.0 Å². The third-order valence-corrected chi connectivity index (χ3v) is 6.52. The fourth-order valence-corrected chi connectivity index (χ4v) is 4.39. The van der Waals surface area contributed by atoms with Crippen LogP contribution in [0, 0.1) is 13.8 Å². The van der Waals surface area contributed by atoms with Gasteiger partial charge in [0.15, 0.2) is 5.82 Å². The summed E-state index contributed by atoms with van der Waals surface area (Å²) in [4.78, 5) is 4.22. The first-order valence-corrected chi connectivity index (χ1v) is 11.7. The van der Waals surface area contributed by atoms with E-state index in [0.717, 1.165) is 11.4 Å². The van der Waals surface area contributed by atoms with Crippen molar-refractivity contribution in [1.82, 2.24) is 19.7 Å². The maximum absolute atomic E-state index is 12.9. The van der Waals surface area contributed by atoms with Crippen LogP contribution in [0.5, 0.6) is 23.1 Å². The van der Waals surface area contributed by atoms with Gasteiger partial charge in [-0.3, -0.25) is 9.29 Å². The molecule has 0 saturated carbocycles. The second kappa shape index (κ2) is 9.40. The number of ether oxygens (including phenoxy) is 3. The monoisotopic (exact) mass is 481 g/mol. The molecular weight excluding hydrogens is 458 g/mol. The summed E-state index contributed by atoms with van der Waals surface area (Å²) in [6.45, 7) is 3.88. The van der Waals surface area contributed by atoms with Gasteiger partial charge < -0.3 is 14.2 Å². The summed E-state index contributed by atoms with van der Waals surface area (Å²) in [6.07, 6.45) is 1.69. The Bertz CT molecular complexity index is 1400. The Morgan fingerprint density at radius 1 is 0.882 bits per heavy atom. The van der Waals surface area contributed by atoms with E-state index in [-0.39, 0.29) is 10.6 Å². The fraction of sp³-hybridized carbons (Fsp3) is 0.174. The zero-order valence-electron chi connectivity index (χ0n) is 19.0. The maximum atomic E-state index is 12.9. The van der Waals surface area contributed by atoms with Gasteiger partial charge in [0.25, 0.3) is 10.0 Å². The lowest BCUT2D eigenvalue weighted by Gasteiger charge is -2.13. The van der Waals surface area contributed by atoms with Gasteiger partial charge in [0, 0.05) is 23.5 Å². The van der Waals surface area contributed by atoms with Crippen LogP contribution in [-0.4, -0.2) is 42.4 Å². The Morgan fingerprint density at radius 2 is 1.62 bits per heavy atom. The van der Waals surface area contributed by atoms with E-state index in [1.807, 2.05) is 18.4 Å². The molecule has 0 aliphatic carbocycles. The minimum atomic E-state index is -3.92. The van der Waals surface area contributed by atoms with E-state index >= 15 is 0 Å². The smallest absolute Gasteiger partial charge is 0.265 e. The predicted molar refractivity (Wildman–Crippen MR) is 125 cm³/mol. The van der Waals surface area contributed by atoms with Crippen LogP contribution in [0.25, 0.3) is 5.82 Å². The Balaban J connectivity index is 1.47. The number of hydrogen-bond acceptors (Lipinski definition) is 8. The molecule has 34 heavy (non-hydrogen) atoms. The third-order valence-electron chi connectivity index (χ3n) is 5.11. The van der Waals surface area contributed by atoms with E-state index in [2.05, 4.69) is 19.9 Å². The zero-order chi connectivity index (χ0) is 24.3. The molecule has 0 spiro atoms. The summed E-state index contributed by atoms with van der Waals surface area (Å²) < 4.78 is 46.2. The first kappa shape index (κ1) is 23.1. The maximum Gasteiger partial charge on any atom is 0.265 e. The van der Waals surface area contributed by atoms with Gasteiger partial charge in [-0.05, 0) is 56.3 Å². The average Bonchev–Trinajstić information content (AvgIpc) is 3.18. The van der Waals surface area contributed by atoms with E-state index in [1.165, 1.54) is 26.4 Å². The van der Waals surface area contributed by atoms with Crippen LogP contribution >= 0.6 is 0 Å². The number of rotatable bonds is 8. The van der Waals surface area contributed by atoms with Crippen LogP contribution in [0.1, 0.15) is 11.4 Å². The van der Waals surface area contributed by atoms with Crippen LogP contribution in [0.2, 0.25) is 0 Å². The van der Waals surface area contributed by atoms with Crippen molar-refractivity contribution in [2.45, 2.75) is 18.7 Å². The van der Waals surface area contributed by atoms with Crippen LogP contribution in [-0.2, 0) is 10.0 Å². The number of aryl methyl sites for hydroxylation is 1. The molecule has 2 aromatic heterocycles. The Labute approximate surface area is 197 Å². The number of anilines is 1. The summed E-state index contributed by atoms with van der Waals surface area (Å²) in [7, 11) is -1.06. The highest BCUT2D eigenvalue weighted by Crippen LogP contribution is 2.30. The molecule has 4 rings (SSSR count). The van der Waals surface area contributed by atoms with Crippen LogP contribution in [0.4, 0.5) is 5.69 Å². The van der Waals surface area contributed by atoms with Gasteiger partial charge >= 0.3 is 0 Å². The standard InChI is InChI=1S/C23H23N5O5S/c1-15-16(2)28(14-24-15)22-11-12-23(26-25-22)33-18-7-5-17(6-8-18)27-34(29,30)21-13-19(31-3)9-10-20(21)32-4/h5-14,27H,1-4H3.